The van der Waals surface area contributed by atoms with Crippen LogP contribution in [0.3, 0.4) is 0 Å². The van der Waals surface area contributed by atoms with Crippen molar-refractivity contribution in [3.8, 4) is 0 Å². The number of rotatable bonds is 2. The predicted octanol–water partition coefficient (Wildman–Crippen LogP) is 3.07. The van der Waals surface area contributed by atoms with Gasteiger partial charge in [-0.1, -0.05) is 17.7 Å². The van der Waals surface area contributed by atoms with E-state index < -0.39 is 28.0 Å². The summed E-state index contributed by atoms with van der Waals surface area (Å²) >= 11 is 10.9. The minimum atomic E-state index is -1.34. The van der Waals surface area contributed by atoms with Crippen LogP contribution in [0, 0.1) is 11.6 Å². The third-order valence-corrected chi connectivity index (χ3v) is 2.51. The Bertz CT molecular complexity index is 396. The molecule has 0 heterocycles. The van der Waals surface area contributed by atoms with Gasteiger partial charge in [-0.05, 0) is 6.07 Å². The van der Waals surface area contributed by atoms with Gasteiger partial charge in [0.05, 0.1) is 7.11 Å². The molecule has 0 N–H and O–H groups in total. The van der Waals surface area contributed by atoms with Crippen LogP contribution >= 0.6 is 23.2 Å². The first-order valence-corrected chi connectivity index (χ1v) is 4.65. The topological polar surface area (TPSA) is 26.3 Å². The van der Waals surface area contributed by atoms with E-state index in [0.29, 0.717) is 0 Å². The summed E-state index contributed by atoms with van der Waals surface area (Å²) in [6, 6.07) is 1.98. The van der Waals surface area contributed by atoms with Crippen molar-refractivity contribution in [1.29, 1.82) is 0 Å². The van der Waals surface area contributed by atoms with E-state index in [4.69, 9.17) is 23.2 Å². The quantitative estimate of drug-likeness (QED) is 0.461. The Morgan fingerprint density at radius 2 is 2.07 bits per heavy atom. The van der Waals surface area contributed by atoms with E-state index in [1.807, 2.05) is 0 Å². The van der Waals surface area contributed by atoms with Crippen LogP contribution in [0.2, 0.25) is 5.02 Å². The number of esters is 1. The Morgan fingerprint density at radius 3 is 2.60 bits per heavy atom. The molecule has 1 unspecified atom stereocenters. The molecule has 2 nitrogen and oxygen atoms in total. The van der Waals surface area contributed by atoms with Crippen molar-refractivity contribution in [2.75, 3.05) is 7.11 Å². The summed E-state index contributed by atoms with van der Waals surface area (Å²) in [6.07, 6.45) is 0. The van der Waals surface area contributed by atoms with Crippen LogP contribution in [-0.4, -0.2) is 13.1 Å². The number of alkyl halides is 1. The first-order chi connectivity index (χ1) is 6.99. The molecule has 1 atom stereocenters. The lowest BCUT2D eigenvalue weighted by Gasteiger charge is -2.09. The Labute approximate surface area is 94.7 Å². The SMILES string of the molecule is COC(=O)C(Cl)c1ccc(F)c(Cl)c1F. The molecule has 0 spiro atoms. The van der Waals surface area contributed by atoms with Crippen LogP contribution in [0.25, 0.3) is 0 Å². The lowest BCUT2D eigenvalue weighted by atomic mass is 10.1. The van der Waals surface area contributed by atoms with Gasteiger partial charge in [-0.15, -0.1) is 11.6 Å². The summed E-state index contributed by atoms with van der Waals surface area (Å²) in [4.78, 5) is 11.0. The van der Waals surface area contributed by atoms with Gasteiger partial charge in [0, 0.05) is 5.56 Å². The average Bonchev–Trinajstić information content (AvgIpc) is 2.24. The van der Waals surface area contributed by atoms with Gasteiger partial charge in [0.25, 0.3) is 0 Å². The minimum Gasteiger partial charge on any atom is -0.468 e. The van der Waals surface area contributed by atoms with Crippen LogP contribution < -0.4 is 0 Å². The standard InChI is InChI=1S/C9H6Cl2F2O2/c1-15-9(14)6(10)4-2-3-5(12)7(11)8(4)13/h2-3,6H,1H3. The van der Waals surface area contributed by atoms with E-state index in [2.05, 4.69) is 4.74 Å². The number of ether oxygens (including phenoxy) is 1. The molecular formula is C9H6Cl2F2O2. The Balaban J connectivity index is 3.16. The van der Waals surface area contributed by atoms with E-state index in [9.17, 15) is 13.6 Å². The largest absolute Gasteiger partial charge is 0.468 e. The number of hydrogen-bond donors (Lipinski definition) is 0. The van der Waals surface area contributed by atoms with Crippen molar-refractivity contribution in [1.82, 2.24) is 0 Å². The zero-order valence-corrected chi connectivity index (χ0v) is 9.07. The van der Waals surface area contributed by atoms with Gasteiger partial charge in [-0.2, -0.15) is 0 Å². The molecule has 0 radical (unpaired) electrons. The van der Waals surface area contributed by atoms with Gasteiger partial charge in [0.1, 0.15) is 16.7 Å². The van der Waals surface area contributed by atoms with E-state index in [1.165, 1.54) is 0 Å². The second kappa shape index (κ2) is 4.77. The van der Waals surface area contributed by atoms with Crippen molar-refractivity contribution in [2.45, 2.75) is 5.38 Å². The monoisotopic (exact) mass is 254 g/mol. The molecule has 0 saturated heterocycles. The van der Waals surface area contributed by atoms with Crippen LogP contribution in [0.5, 0.6) is 0 Å². The molecule has 0 fully saturated rings. The molecule has 82 valence electrons. The first kappa shape index (κ1) is 12.2. The van der Waals surface area contributed by atoms with E-state index in [0.717, 1.165) is 19.2 Å². The molecule has 1 rings (SSSR count). The van der Waals surface area contributed by atoms with E-state index in [1.54, 1.807) is 0 Å². The lowest BCUT2D eigenvalue weighted by molar-refractivity contribution is -0.140. The first-order valence-electron chi connectivity index (χ1n) is 3.84. The highest BCUT2D eigenvalue weighted by molar-refractivity contribution is 6.32. The van der Waals surface area contributed by atoms with Gasteiger partial charge >= 0.3 is 5.97 Å². The van der Waals surface area contributed by atoms with Crippen LogP contribution in [-0.2, 0) is 9.53 Å². The van der Waals surface area contributed by atoms with Crippen molar-refractivity contribution < 1.29 is 18.3 Å². The van der Waals surface area contributed by atoms with E-state index in [-0.39, 0.29) is 5.56 Å². The third-order valence-electron chi connectivity index (χ3n) is 1.75. The van der Waals surface area contributed by atoms with Crippen molar-refractivity contribution in [2.24, 2.45) is 0 Å². The second-order valence-corrected chi connectivity index (χ2v) is 3.46. The molecule has 1 aromatic rings. The number of methoxy groups -OCH3 is 1. The zero-order chi connectivity index (χ0) is 11.6. The maximum atomic E-state index is 13.3. The summed E-state index contributed by atoms with van der Waals surface area (Å²) < 4.78 is 30.4. The predicted molar refractivity (Wildman–Crippen MR) is 52.0 cm³/mol. The molecular weight excluding hydrogens is 249 g/mol. The highest BCUT2D eigenvalue weighted by Crippen LogP contribution is 2.30. The van der Waals surface area contributed by atoms with Gasteiger partial charge < -0.3 is 4.74 Å². The smallest absolute Gasteiger partial charge is 0.328 e. The number of halogens is 4. The lowest BCUT2D eigenvalue weighted by Crippen LogP contribution is -2.10. The summed E-state index contributed by atoms with van der Waals surface area (Å²) in [5.74, 6) is -2.80. The molecule has 0 aliphatic rings. The third kappa shape index (κ3) is 2.38. The zero-order valence-electron chi connectivity index (χ0n) is 7.56. The maximum Gasteiger partial charge on any atom is 0.328 e. The number of hydrogen-bond acceptors (Lipinski definition) is 2. The fourth-order valence-corrected chi connectivity index (χ4v) is 1.40. The van der Waals surface area contributed by atoms with Crippen molar-refractivity contribution in [3.05, 3.63) is 34.4 Å². The Hall–Kier alpha value is -0.870. The van der Waals surface area contributed by atoms with E-state index >= 15 is 0 Å². The highest BCUT2D eigenvalue weighted by Gasteiger charge is 2.24. The molecule has 6 heteroatoms. The van der Waals surface area contributed by atoms with Crippen molar-refractivity contribution >= 4 is 29.2 Å². The molecule has 0 bridgehead atoms. The molecule has 0 aliphatic heterocycles. The summed E-state index contributed by atoms with van der Waals surface area (Å²) in [5.41, 5.74) is -0.213. The normalized spacial score (nSPS) is 12.3. The number of carbonyl (C=O) groups is 1. The van der Waals surface area contributed by atoms with Gasteiger partial charge in [0.15, 0.2) is 5.38 Å². The molecule has 0 aromatic heterocycles. The Kier molecular flexibility index (Phi) is 3.88. The second-order valence-electron chi connectivity index (χ2n) is 2.65. The van der Waals surface area contributed by atoms with Gasteiger partial charge in [-0.3, -0.25) is 4.79 Å². The highest BCUT2D eigenvalue weighted by atomic mass is 35.5. The summed E-state index contributed by atoms with van der Waals surface area (Å²) in [6.45, 7) is 0. The van der Waals surface area contributed by atoms with Crippen molar-refractivity contribution in [3.63, 3.8) is 0 Å². The fraction of sp³-hybridized carbons (Fsp3) is 0.222. The van der Waals surface area contributed by atoms with Gasteiger partial charge in [-0.25, -0.2) is 8.78 Å². The minimum absolute atomic E-state index is 0.213. The molecule has 0 amide bonds. The van der Waals surface area contributed by atoms with Crippen LogP contribution in [0.1, 0.15) is 10.9 Å². The van der Waals surface area contributed by atoms with Crippen LogP contribution in [0.4, 0.5) is 8.78 Å². The number of benzene rings is 1. The molecule has 0 saturated carbocycles. The average molecular weight is 255 g/mol. The maximum absolute atomic E-state index is 13.3. The Morgan fingerprint density at radius 1 is 1.47 bits per heavy atom. The molecule has 1 aromatic carbocycles. The fourth-order valence-electron chi connectivity index (χ4n) is 0.967. The van der Waals surface area contributed by atoms with Crippen LogP contribution in [0.15, 0.2) is 12.1 Å². The summed E-state index contributed by atoms with van der Waals surface area (Å²) in [5, 5.41) is -2.03. The molecule has 0 aliphatic carbocycles. The summed E-state index contributed by atoms with van der Waals surface area (Å²) in [7, 11) is 1.11. The number of carbonyl (C=O) groups excluding carboxylic acids is 1. The molecule has 15 heavy (non-hydrogen) atoms. The van der Waals surface area contributed by atoms with Gasteiger partial charge in [0.2, 0.25) is 0 Å².